The SMILES string of the molecule is CCOC(=O)Cl.NC(=O)c1ccc(F)cc1. The third-order valence-corrected chi connectivity index (χ3v) is 1.50. The first-order valence-corrected chi connectivity index (χ1v) is 4.72. The fraction of sp³-hybridized carbons (Fsp3) is 0.200. The van der Waals surface area contributed by atoms with Crippen LogP contribution in [0.2, 0.25) is 0 Å². The summed E-state index contributed by atoms with van der Waals surface area (Å²) >= 11 is 4.72. The highest BCUT2D eigenvalue weighted by atomic mass is 35.5. The number of nitrogens with two attached hydrogens (primary N) is 1. The molecule has 0 aliphatic heterocycles. The number of carbonyl (C=O) groups is 2. The molecule has 16 heavy (non-hydrogen) atoms. The first kappa shape index (κ1) is 14.4. The van der Waals surface area contributed by atoms with Crippen molar-refractivity contribution in [3.63, 3.8) is 0 Å². The molecule has 2 N–H and O–H groups in total. The van der Waals surface area contributed by atoms with Crippen molar-refractivity contribution in [1.29, 1.82) is 0 Å². The van der Waals surface area contributed by atoms with Crippen molar-refractivity contribution in [3.05, 3.63) is 35.6 Å². The molecule has 6 heteroatoms. The van der Waals surface area contributed by atoms with Gasteiger partial charge in [0.05, 0.1) is 6.61 Å². The van der Waals surface area contributed by atoms with Crippen molar-refractivity contribution in [2.24, 2.45) is 5.73 Å². The van der Waals surface area contributed by atoms with E-state index in [1.807, 2.05) is 0 Å². The van der Waals surface area contributed by atoms with Gasteiger partial charge in [-0.2, -0.15) is 0 Å². The normalized spacial score (nSPS) is 8.69. The van der Waals surface area contributed by atoms with Crippen LogP contribution >= 0.6 is 11.6 Å². The Labute approximate surface area is 97.1 Å². The highest BCUT2D eigenvalue weighted by molar-refractivity contribution is 6.61. The molecule has 1 amide bonds. The van der Waals surface area contributed by atoms with Gasteiger partial charge in [0, 0.05) is 17.2 Å². The van der Waals surface area contributed by atoms with Crippen LogP contribution in [0.4, 0.5) is 9.18 Å². The van der Waals surface area contributed by atoms with Crippen LogP contribution in [-0.4, -0.2) is 17.9 Å². The Balaban J connectivity index is 0.000000325. The van der Waals surface area contributed by atoms with Gasteiger partial charge < -0.3 is 10.5 Å². The van der Waals surface area contributed by atoms with E-state index in [-0.39, 0.29) is 5.82 Å². The number of ether oxygens (including phenoxy) is 1. The quantitative estimate of drug-likeness (QED) is 0.816. The van der Waals surface area contributed by atoms with Crippen LogP contribution in [0, 0.1) is 5.82 Å². The molecule has 1 rings (SSSR count). The summed E-state index contributed by atoms with van der Waals surface area (Å²) in [4.78, 5) is 20.0. The van der Waals surface area contributed by atoms with Crippen molar-refractivity contribution in [2.75, 3.05) is 6.61 Å². The molecule has 0 saturated heterocycles. The lowest BCUT2D eigenvalue weighted by Crippen LogP contribution is -2.10. The van der Waals surface area contributed by atoms with Gasteiger partial charge in [0.15, 0.2) is 0 Å². The van der Waals surface area contributed by atoms with Gasteiger partial charge in [0.1, 0.15) is 5.82 Å². The van der Waals surface area contributed by atoms with E-state index in [0.717, 1.165) is 0 Å². The molecule has 1 aromatic rings. The van der Waals surface area contributed by atoms with E-state index >= 15 is 0 Å². The van der Waals surface area contributed by atoms with E-state index < -0.39 is 11.3 Å². The second kappa shape index (κ2) is 7.64. The van der Waals surface area contributed by atoms with Gasteiger partial charge in [-0.05, 0) is 31.2 Å². The van der Waals surface area contributed by atoms with Crippen LogP contribution in [0.15, 0.2) is 24.3 Å². The summed E-state index contributed by atoms with van der Waals surface area (Å²) in [6, 6.07) is 5.08. The molecule has 88 valence electrons. The third-order valence-electron chi connectivity index (χ3n) is 1.39. The van der Waals surface area contributed by atoms with E-state index in [1.54, 1.807) is 6.92 Å². The highest BCUT2D eigenvalue weighted by Gasteiger charge is 1.97. The molecule has 1 aromatic carbocycles. The maximum absolute atomic E-state index is 12.2. The molecular weight excluding hydrogens is 237 g/mol. The van der Waals surface area contributed by atoms with E-state index in [0.29, 0.717) is 12.2 Å². The number of carbonyl (C=O) groups excluding carboxylic acids is 2. The van der Waals surface area contributed by atoms with Crippen molar-refractivity contribution in [1.82, 2.24) is 0 Å². The van der Waals surface area contributed by atoms with Crippen LogP contribution in [0.1, 0.15) is 17.3 Å². The Morgan fingerprint density at radius 2 is 1.88 bits per heavy atom. The molecule has 0 unspecified atom stereocenters. The largest absolute Gasteiger partial charge is 0.454 e. The minimum Gasteiger partial charge on any atom is -0.454 e. The zero-order valence-corrected chi connectivity index (χ0v) is 9.33. The molecule has 0 bridgehead atoms. The zero-order chi connectivity index (χ0) is 12.6. The second-order valence-electron chi connectivity index (χ2n) is 2.54. The Morgan fingerprint density at radius 1 is 1.38 bits per heavy atom. The lowest BCUT2D eigenvalue weighted by Gasteiger charge is -1.91. The average Bonchev–Trinajstić information content (AvgIpc) is 2.19. The molecule has 0 radical (unpaired) electrons. The van der Waals surface area contributed by atoms with Gasteiger partial charge >= 0.3 is 5.43 Å². The predicted octanol–water partition coefficient (Wildman–Crippen LogP) is 2.31. The molecule has 0 aliphatic rings. The summed E-state index contributed by atoms with van der Waals surface area (Å²) in [6.45, 7) is 2.04. The van der Waals surface area contributed by atoms with Gasteiger partial charge in [0.2, 0.25) is 5.91 Å². The minimum atomic E-state index is -0.738. The van der Waals surface area contributed by atoms with Crippen molar-refractivity contribution in [2.45, 2.75) is 6.92 Å². The summed E-state index contributed by atoms with van der Waals surface area (Å²) in [5, 5.41) is 0. The molecule has 0 aromatic heterocycles. The molecule has 0 saturated carbocycles. The topological polar surface area (TPSA) is 69.4 Å². The number of hydrogen-bond acceptors (Lipinski definition) is 3. The number of halogens is 2. The van der Waals surface area contributed by atoms with Gasteiger partial charge in [-0.3, -0.25) is 4.79 Å². The standard InChI is InChI=1S/C7H6FNO.C3H5ClO2/c8-6-3-1-5(2-4-6)7(9)10;1-2-6-3(4)5/h1-4H,(H2,9,10);2H2,1H3. The average molecular weight is 248 g/mol. The van der Waals surface area contributed by atoms with Crippen LogP contribution in [-0.2, 0) is 4.74 Å². The summed E-state index contributed by atoms with van der Waals surface area (Å²) in [7, 11) is 0. The molecule has 0 fully saturated rings. The Bertz CT molecular complexity index is 354. The fourth-order valence-corrected chi connectivity index (χ4v) is 0.837. The van der Waals surface area contributed by atoms with Crippen molar-refractivity contribution < 1.29 is 18.7 Å². The van der Waals surface area contributed by atoms with Gasteiger partial charge in [-0.1, -0.05) is 0 Å². The molecule has 4 nitrogen and oxygen atoms in total. The molecule has 0 heterocycles. The van der Waals surface area contributed by atoms with Gasteiger partial charge in [-0.15, -0.1) is 0 Å². The molecule has 0 spiro atoms. The lowest BCUT2D eigenvalue weighted by atomic mass is 10.2. The molecule has 0 aliphatic carbocycles. The van der Waals surface area contributed by atoms with E-state index in [9.17, 15) is 14.0 Å². The minimum absolute atomic E-state index is 0.321. The predicted molar refractivity (Wildman–Crippen MR) is 57.8 cm³/mol. The number of benzene rings is 1. The summed E-state index contributed by atoms with van der Waals surface area (Å²) in [5.41, 5.74) is 4.48. The van der Waals surface area contributed by atoms with Gasteiger partial charge in [0.25, 0.3) is 0 Å². The van der Waals surface area contributed by atoms with Crippen molar-refractivity contribution >= 4 is 22.9 Å². The maximum Gasteiger partial charge on any atom is 0.403 e. The summed E-state index contributed by atoms with van der Waals surface area (Å²) < 4.78 is 16.4. The summed E-state index contributed by atoms with van der Waals surface area (Å²) in [6.07, 6.45) is 0. The lowest BCUT2D eigenvalue weighted by molar-refractivity contribution is 0.1000. The Morgan fingerprint density at radius 3 is 2.12 bits per heavy atom. The van der Waals surface area contributed by atoms with E-state index in [4.69, 9.17) is 17.3 Å². The maximum atomic E-state index is 12.2. The fourth-order valence-electron chi connectivity index (χ4n) is 0.728. The number of amides is 1. The molecule has 0 atom stereocenters. The smallest absolute Gasteiger partial charge is 0.403 e. The monoisotopic (exact) mass is 247 g/mol. The van der Waals surface area contributed by atoms with E-state index in [2.05, 4.69) is 4.74 Å². The highest BCUT2D eigenvalue weighted by Crippen LogP contribution is 2.00. The van der Waals surface area contributed by atoms with Crippen molar-refractivity contribution in [3.8, 4) is 0 Å². The Hall–Kier alpha value is -1.62. The zero-order valence-electron chi connectivity index (χ0n) is 8.57. The van der Waals surface area contributed by atoms with Crippen LogP contribution in [0.25, 0.3) is 0 Å². The first-order chi connectivity index (χ1) is 7.47. The Kier molecular flexibility index (Phi) is 6.87. The van der Waals surface area contributed by atoms with E-state index in [1.165, 1.54) is 24.3 Å². The van der Waals surface area contributed by atoms with Gasteiger partial charge in [-0.25, -0.2) is 9.18 Å². The number of primary amides is 1. The van der Waals surface area contributed by atoms with Crippen LogP contribution in [0.3, 0.4) is 0 Å². The third kappa shape index (κ3) is 6.78. The first-order valence-electron chi connectivity index (χ1n) is 4.35. The number of hydrogen-bond donors (Lipinski definition) is 1. The second-order valence-corrected chi connectivity index (χ2v) is 2.85. The molecular formula is C10H11ClFNO3. The van der Waals surface area contributed by atoms with Crippen LogP contribution < -0.4 is 5.73 Å². The number of rotatable bonds is 2. The van der Waals surface area contributed by atoms with Crippen LogP contribution in [0.5, 0.6) is 0 Å². The summed E-state index contributed by atoms with van der Waals surface area (Å²) in [5.74, 6) is -0.912.